The van der Waals surface area contributed by atoms with Crippen molar-refractivity contribution < 1.29 is 26.0 Å². The monoisotopic (exact) mass is 114 g/mol. The average molecular weight is 114 g/mol. The van der Waals surface area contributed by atoms with E-state index in [9.17, 15) is 0 Å². The number of rotatable bonds is 0. The van der Waals surface area contributed by atoms with E-state index in [0.717, 1.165) is 0 Å². The van der Waals surface area contributed by atoms with E-state index in [1.807, 2.05) is 0 Å². The molecule has 0 aromatic rings. The zero-order chi connectivity index (χ0) is 2.71. The fourth-order valence-corrected chi connectivity index (χ4v) is 0. The molecule has 0 fully saturated rings. The largest absolute Gasteiger partial charge is 0.283 e. The quantitative estimate of drug-likeness (QED) is 0.423. The van der Waals surface area contributed by atoms with Crippen LogP contribution in [0.2, 0.25) is 0 Å². The van der Waals surface area contributed by atoms with Crippen molar-refractivity contribution in [1.29, 1.82) is 0 Å². The molecule has 0 saturated heterocycles. The van der Waals surface area contributed by atoms with Gasteiger partial charge in [0, 0.05) is 21.7 Å². The molecular weight excluding hydrogens is 111 g/mol. The molecule has 0 aliphatic heterocycles. The van der Waals surface area contributed by atoms with Gasteiger partial charge in [-0.25, -0.2) is 0 Å². The van der Waals surface area contributed by atoms with E-state index in [1.165, 1.54) is 7.11 Å². The van der Waals surface area contributed by atoms with Gasteiger partial charge in [0.2, 0.25) is 0 Å². The molecule has 0 bridgehead atoms. The Bertz CT molecular complexity index is 8.00. The molecule has 0 N–H and O–H groups in total. The van der Waals surface area contributed by atoms with E-state index in [4.69, 9.17) is 0 Å². The third-order valence-corrected chi connectivity index (χ3v) is 0. The van der Waals surface area contributed by atoms with Crippen molar-refractivity contribution in [3.05, 3.63) is 0 Å². The molecule has 0 radical (unpaired) electrons. The van der Waals surface area contributed by atoms with Crippen LogP contribution in [0.5, 0.6) is 0 Å². The van der Waals surface area contributed by atoms with Gasteiger partial charge in [-0.3, -0.25) is 4.29 Å². The topological polar surface area (TPSA) is 9.23 Å². The van der Waals surface area contributed by atoms with Crippen LogP contribution in [0, 0.1) is 0 Å². The minimum Gasteiger partial charge on any atom is -0.283 e. The Morgan fingerprint density at radius 3 is 1.75 bits per heavy atom. The third kappa shape index (κ3) is 12.3. The summed E-state index contributed by atoms with van der Waals surface area (Å²) >= 11 is 4.50. The summed E-state index contributed by atoms with van der Waals surface area (Å²) in [6.45, 7) is 0. The summed E-state index contributed by atoms with van der Waals surface area (Å²) in [6, 6.07) is 0. The number of hydrogen-bond donors (Lipinski definition) is 0. The maximum absolute atomic E-state index is 4.50. The summed E-state index contributed by atoms with van der Waals surface area (Å²) in [5, 5.41) is 0. The molecule has 0 rings (SSSR count). The fraction of sp³-hybridized carbons (Fsp3) is 1.00. The predicted molar refractivity (Wildman–Crippen MR) is 12.9 cm³/mol. The number of hydrogen-bond acceptors (Lipinski definition) is 1. The van der Waals surface area contributed by atoms with Crippen LogP contribution < -0.4 is 0 Å². The predicted octanol–water partition coefficient (Wildman–Crippen LogP) is 0.784. The standard InChI is InChI=1S/CH3ClO.Ti/c1-3-2;/h1H3;. The Kier molecular flexibility index (Phi) is 20.0. The smallest absolute Gasteiger partial charge is 0.0606 e. The molecule has 4 heavy (non-hydrogen) atoms. The van der Waals surface area contributed by atoms with E-state index in [0.29, 0.717) is 0 Å². The summed E-state index contributed by atoms with van der Waals surface area (Å²) < 4.78 is 3.72. The third-order valence-electron chi connectivity index (χ3n) is 0. The molecule has 0 spiro atoms. The van der Waals surface area contributed by atoms with Gasteiger partial charge in [-0.1, -0.05) is 0 Å². The molecule has 0 heterocycles. The molecule has 0 saturated carbocycles. The van der Waals surface area contributed by atoms with Gasteiger partial charge in [0.1, 0.15) is 0 Å². The Morgan fingerprint density at radius 2 is 1.75 bits per heavy atom. The normalized spacial score (nSPS) is 4.50. The summed E-state index contributed by atoms with van der Waals surface area (Å²) in [6.07, 6.45) is 0. The van der Waals surface area contributed by atoms with Crippen LogP contribution in [0.25, 0.3) is 0 Å². The van der Waals surface area contributed by atoms with Crippen LogP contribution in [-0.4, -0.2) is 7.11 Å². The first-order valence-electron chi connectivity index (χ1n) is 0.563. The average Bonchev–Trinajstić information content (AvgIpc) is 0.918. The van der Waals surface area contributed by atoms with E-state index < -0.39 is 0 Å². The first kappa shape index (κ1) is 8.88. The van der Waals surface area contributed by atoms with Crippen molar-refractivity contribution in [3.8, 4) is 0 Å². The molecule has 0 amide bonds. The van der Waals surface area contributed by atoms with Gasteiger partial charge < -0.3 is 0 Å². The Balaban J connectivity index is 0. The van der Waals surface area contributed by atoms with Gasteiger partial charge in [-0.05, 0) is 0 Å². The summed E-state index contributed by atoms with van der Waals surface area (Å²) in [5.74, 6) is 0. The zero-order valence-corrected chi connectivity index (χ0v) is 4.60. The van der Waals surface area contributed by atoms with Crippen LogP contribution in [-0.2, 0) is 26.0 Å². The van der Waals surface area contributed by atoms with Crippen LogP contribution in [0.1, 0.15) is 0 Å². The van der Waals surface area contributed by atoms with E-state index >= 15 is 0 Å². The Labute approximate surface area is 45.3 Å². The molecule has 0 atom stereocenters. The molecule has 0 aliphatic carbocycles. The van der Waals surface area contributed by atoms with Crippen LogP contribution in [0.4, 0.5) is 0 Å². The molecule has 0 unspecified atom stereocenters. The SMILES string of the molecule is COCl.[Ti]. The van der Waals surface area contributed by atoms with Crippen molar-refractivity contribution in [2.24, 2.45) is 0 Å². The molecule has 24 valence electrons. The van der Waals surface area contributed by atoms with E-state index in [1.54, 1.807) is 0 Å². The first-order valence-corrected chi connectivity index (χ1v) is 0.871. The number of halogens is 1. The summed E-state index contributed by atoms with van der Waals surface area (Å²) in [7, 11) is 1.39. The van der Waals surface area contributed by atoms with Gasteiger partial charge in [-0.15, -0.1) is 0 Å². The van der Waals surface area contributed by atoms with Crippen molar-refractivity contribution >= 4 is 11.9 Å². The Morgan fingerprint density at radius 1 is 1.75 bits per heavy atom. The minimum atomic E-state index is 0. The van der Waals surface area contributed by atoms with E-state index in [2.05, 4.69) is 16.2 Å². The second-order valence-corrected chi connectivity index (χ2v) is 0.463. The molecular formula is CH3ClOTi. The van der Waals surface area contributed by atoms with Gasteiger partial charge >= 0.3 is 0 Å². The Hall–Kier alpha value is 0.964. The first-order chi connectivity index (χ1) is 1.41. The molecule has 0 aromatic heterocycles. The zero-order valence-electron chi connectivity index (χ0n) is 2.29. The summed E-state index contributed by atoms with van der Waals surface area (Å²) in [4.78, 5) is 0. The van der Waals surface area contributed by atoms with Crippen molar-refractivity contribution in [2.75, 3.05) is 7.11 Å². The maximum atomic E-state index is 4.50. The molecule has 1 nitrogen and oxygen atoms in total. The second-order valence-electron chi connectivity index (χ2n) is 0.154. The van der Waals surface area contributed by atoms with Crippen LogP contribution >= 0.6 is 11.9 Å². The molecule has 0 aromatic carbocycles. The minimum absolute atomic E-state index is 0. The van der Waals surface area contributed by atoms with Gasteiger partial charge in [0.05, 0.1) is 19.0 Å². The van der Waals surface area contributed by atoms with Gasteiger partial charge in [0.15, 0.2) is 0 Å². The van der Waals surface area contributed by atoms with E-state index in [-0.39, 0.29) is 21.7 Å². The van der Waals surface area contributed by atoms with Gasteiger partial charge in [0.25, 0.3) is 0 Å². The van der Waals surface area contributed by atoms with Gasteiger partial charge in [-0.2, -0.15) is 0 Å². The van der Waals surface area contributed by atoms with Crippen LogP contribution in [0.3, 0.4) is 0 Å². The molecule has 0 aliphatic rings. The maximum Gasteiger partial charge on any atom is 0.0606 e. The van der Waals surface area contributed by atoms with Crippen LogP contribution in [0.15, 0.2) is 0 Å². The van der Waals surface area contributed by atoms with Crippen molar-refractivity contribution in [2.45, 2.75) is 0 Å². The summed E-state index contributed by atoms with van der Waals surface area (Å²) in [5.41, 5.74) is 0. The van der Waals surface area contributed by atoms with Crippen molar-refractivity contribution in [3.63, 3.8) is 0 Å². The fourth-order valence-electron chi connectivity index (χ4n) is 0. The molecule has 3 heteroatoms. The second kappa shape index (κ2) is 9.03. The van der Waals surface area contributed by atoms with Crippen molar-refractivity contribution in [1.82, 2.24) is 0 Å².